The fourth-order valence-electron chi connectivity index (χ4n) is 1.49. The van der Waals surface area contributed by atoms with E-state index in [-0.39, 0.29) is 12.1 Å². The number of hydrogen-bond acceptors (Lipinski definition) is 2. The van der Waals surface area contributed by atoms with Gasteiger partial charge < -0.3 is 9.64 Å². The van der Waals surface area contributed by atoms with Crippen LogP contribution in [0.3, 0.4) is 0 Å². The van der Waals surface area contributed by atoms with Gasteiger partial charge in [0.25, 0.3) is 0 Å². The van der Waals surface area contributed by atoms with Crippen molar-refractivity contribution in [3.8, 4) is 0 Å². The van der Waals surface area contributed by atoms with Gasteiger partial charge in [-0.3, -0.25) is 4.79 Å². The molecule has 3 heteroatoms. The van der Waals surface area contributed by atoms with Crippen molar-refractivity contribution in [1.82, 2.24) is 4.90 Å². The van der Waals surface area contributed by atoms with E-state index < -0.39 is 0 Å². The molecule has 0 radical (unpaired) electrons. The molecule has 3 nitrogen and oxygen atoms in total. The van der Waals surface area contributed by atoms with Gasteiger partial charge >= 0.3 is 0 Å². The molecule has 1 aliphatic heterocycles. The second kappa shape index (κ2) is 3.72. The van der Waals surface area contributed by atoms with Gasteiger partial charge in [-0.2, -0.15) is 0 Å². The standard InChI is InChI=1S/C8H15NO2/c1-3-8(11-2)9-6-4-5-7(9)10/h8H,3-6H2,1-2H3. The van der Waals surface area contributed by atoms with Crippen molar-refractivity contribution in [3.63, 3.8) is 0 Å². The van der Waals surface area contributed by atoms with Crippen molar-refractivity contribution < 1.29 is 9.53 Å². The Kier molecular flexibility index (Phi) is 2.88. The number of nitrogens with zero attached hydrogens (tertiary/aromatic N) is 1. The molecular formula is C8H15NO2. The van der Waals surface area contributed by atoms with E-state index in [9.17, 15) is 4.79 Å². The quantitative estimate of drug-likeness (QED) is 0.611. The molecule has 1 aliphatic rings. The number of hydrogen-bond donors (Lipinski definition) is 0. The summed E-state index contributed by atoms with van der Waals surface area (Å²) in [6.45, 7) is 2.89. The van der Waals surface area contributed by atoms with Crippen LogP contribution in [-0.2, 0) is 9.53 Å². The van der Waals surface area contributed by atoms with Crippen LogP contribution in [-0.4, -0.2) is 30.7 Å². The Bertz CT molecular complexity index is 143. The number of methoxy groups -OCH3 is 1. The Labute approximate surface area is 67.3 Å². The third-order valence-corrected chi connectivity index (χ3v) is 2.08. The molecule has 1 saturated heterocycles. The van der Waals surface area contributed by atoms with Gasteiger partial charge in [-0.05, 0) is 12.8 Å². The summed E-state index contributed by atoms with van der Waals surface area (Å²) >= 11 is 0. The van der Waals surface area contributed by atoms with E-state index in [0.29, 0.717) is 6.42 Å². The molecule has 0 aromatic rings. The average Bonchev–Trinajstić information content (AvgIpc) is 2.40. The molecule has 1 rings (SSSR count). The number of ether oxygens (including phenoxy) is 1. The highest BCUT2D eigenvalue weighted by Gasteiger charge is 2.26. The first-order valence-corrected chi connectivity index (χ1v) is 4.12. The molecule has 1 amide bonds. The Hall–Kier alpha value is -0.570. The van der Waals surface area contributed by atoms with Crippen molar-refractivity contribution in [1.29, 1.82) is 0 Å². The van der Waals surface area contributed by atoms with E-state index in [4.69, 9.17) is 4.74 Å². The topological polar surface area (TPSA) is 29.5 Å². The molecule has 0 aliphatic carbocycles. The second-order valence-corrected chi connectivity index (χ2v) is 2.79. The first kappa shape index (κ1) is 8.53. The molecule has 64 valence electrons. The van der Waals surface area contributed by atoms with Crippen LogP contribution in [0, 0.1) is 0 Å². The van der Waals surface area contributed by atoms with Gasteiger partial charge in [-0.1, -0.05) is 6.92 Å². The van der Waals surface area contributed by atoms with E-state index in [2.05, 4.69) is 0 Å². The summed E-state index contributed by atoms with van der Waals surface area (Å²) in [5.74, 6) is 0.235. The fourth-order valence-corrected chi connectivity index (χ4v) is 1.49. The highest BCUT2D eigenvalue weighted by atomic mass is 16.5. The van der Waals surface area contributed by atoms with Gasteiger partial charge in [0.15, 0.2) is 0 Å². The van der Waals surface area contributed by atoms with E-state index in [1.54, 1.807) is 7.11 Å². The predicted molar refractivity (Wildman–Crippen MR) is 42.0 cm³/mol. The zero-order valence-corrected chi connectivity index (χ0v) is 7.17. The minimum atomic E-state index is 0.00463. The summed E-state index contributed by atoms with van der Waals surface area (Å²) in [4.78, 5) is 13.0. The molecule has 0 aromatic carbocycles. The molecular weight excluding hydrogens is 142 g/mol. The summed E-state index contributed by atoms with van der Waals surface area (Å²) in [5.41, 5.74) is 0. The molecule has 0 N–H and O–H groups in total. The SMILES string of the molecule is CCC(OC)N1CCCC1=O. The van der Waals surface area contributed by atoms with Crippen molar-refractivity contribution >= 4 is 5.91 Å². The van der Waals surface area contributed by atoms with Gasteiger partial charge in [0, 0.05) is 20.1 Å². The van der Waals surface area contributed by atoms with Crippen molar-refractivity contribution in [2.24, 2.45) is 0 Å². The van der Waals surface area contributed by atoms with E-state index in [1.807, 2.05) is 11.8 Å². The highest BCUT2D eigenvalue weighted by molar-refractivity contribution is 5.78. The number of carbonyl (C=O) groups is 1. The molecule has 1 heterocycles. The number of rotatable bonds is 3. The van der Waals surface area contributed by atoms with Crippen LogP contribution in [0.4, 0.5) is 0 Å². The second-order valence-electron chi connectivity index (χ2n) is 2.79. The lowest BCUT2D eigenvalue weighted by Gasteiger charge is -2.24. The lowest BCUT2D eigenvalue weighted by atomic mass is 10.4. The normalized spacial score (nSPS) is 20.9. The van der Waals surface area contributed by atoms with E-state index >= 15 is 0 Å². The van der Waals surface area contributed by atoms with Crippen LogP contribution in [0.1, 0.15) is 26.2 Å². The third kappa shape index (κ3) is 1.71. The molecule has 0 spiro atoms. The first-order valence-electron chi connectivity index (χ1n) is 4.12. The van der Waals surface area contributed by atoms with E-state index in [1.165, 1.54) is 0 Å². The predicted octanol–water partition coefficient (Wildman–Crippen LogP) is 0.991. The highest BCUT2D eigenvalue weighted by Crippen LogP contribution is 2.15. The molecule has 11 heavy (non-hydrogen) atoms. The molecule has 0 bridgehead atoms. The lowest BCUT2D eigenvalue weighted by molar-refractivity contribution is -0.138. The Morgan fingerprint density at radius 2 is 2.45 bits per heavy atom. The van der Waals surface area contributed by atoms with Gasteiger partial charge in [0.05, 0.1) is 0 Å². The van der Waals surface area contributed by atoms with Crippen molar-refractivity contribution in [3.05, 3.63) is 0 Å². The fraction of sp³-hybridized carbons (Fsp3) is 0.875. The molecule has 1 unspecified atom stereocenters. The summed E-state index contributed by atoms with van der Waals surface area (Å²) in [7, 11) is 1.65. The smallest absolute Gasteiger partial charge is 0.224 e. The largest absolute Gasteiger partial charge is 0.362 e. The molecule has 1 atom stereocenters. The lowest BCUT2D eigenvalue weighted by Crippen LogP contribution is -2.36. The number of amides is 1. The van der Waals surface area contributed by atoms with Crippen LogP contribution >= 0.6 is 0 Å². The molecule has 0 saturated carbocycles. The van der Waals surface area contributed by atoms with Crippen LogP contribution in [0.25, 0.3) is 0 Å². The molecule has 0 aromatic heterocycles. The Morgan fingerprint density at radius 1 is 1.73 bits per heavy atom. The first-order chi connectivity index (χ1) is 5.29. The Balaban J connectivity index is 2.49. The maximum absolute atomic E-state index is 11.2. The average molecular weight is 157 g/mol. The maximum Gasteiger partial charge on any atom is 0.224 e. The summed E-state index contributed by atoms with van der Waals surface area (Å²) in [5, 5.41) is 0. The summed E-state index contributed by atoms with van der Waals surface area (Å²) < 4.78 is 5.16. The zero-order chi connectivity index (χ0) is 8.27. The maximum atomic E-state index is 11.2. The summed E-state index contributed by atoms with van der Waals surface area (Å²) in [6.07, 6.45) is 2.56. The van der Waals surface area contributed by atoms with Crippen LogP contribution < -0.4 is 0 Å². The molecule has 1 fully saturated rings. The zero-order valence-electron chi connectivity index (χ0n) is 7.17. The third-order valence-electron chi connectivity index (χ3n) is 2.08. The minimum Gasteiger partial charge on any atom is -0.362 e. The monoisotopic (exact) mass is 157 g/mol. The van der Waals surface area contributed by atoms with Crippen molar-refractivity contribution in [2.45, 2.75) is 32.4 Å². The van der Waals surface area contributed by atoms with Gasteiger partial charge in [0.2, 0.25) is 5.91 Å². The number of likely N-dealkylation sites (tertiary alicyclic amines) is 1. The van der Waals surface area contributed by atoms with E-state index in [0.717, 1.165) is 19.4 Å². The Morgan fingerprint density at radius 3 is 2.82 bits per heavy atom. The van der Waals surface area contributed by atoms with Gasteiger partial charge in [0.1, 0.15) is 6.23 Å². The van der Waals surface area contributed by atoms with Gasteiger partial charge in [-0.15, -0.1) is 0 Å². The van der Waals surface area contributed by atoms with Crippen LogP contribution in [0.15, 0.2) is 0 Å². The minimum absolute atomic E-state index is 0.00463. The summed E-state index contributed by atoms with van der Waals surface area (Å²) in [6, 6.07) is 0. The van der Waals surface area contributed by atoms with Crippen molar-refractivity contribution in [2.75, 3.05) is 13.7 Å². The van der Waals surface area contributed by atoms with Crippen LogP contribution in [0.2, 0.25) is 0 Å². The number of carbonyl (C=O) groups excluding carboxylic acids is 1. The van der Waals surface area contributed by atoms with Crippen LogP contribution in [0.5, 0.6) is 0 Å². The van der Waals surface area contributed by atoms with Gasteiger partial charge in [-0.25, -0.2) is 0 Å².